The summed E-state index contributed by atoms with van der Waals surface area (Å²) < 4.78 is 5.76. The SMILES string of the molecule is CCN(CC(O)COc1ccc(O)c2c1CCC(=O)N2)Oc1ccccc1. The maximum atomic E-state index is 11.5. The Morgan fingerprint density at radius 3 is 2.70 bits per heavy atom. The number of carbonyl (C=O) groups is 1. The van der Waals surface area contributed by atoms with E-state index in [0.29, 0.717) is 36.6 Å². The predicted molar refractivity (Wildman–Crippen MR) is 101 cm³/mol. The summed E-state index contributed by atoms with van der Waals surface area (Å²) in [5.74, 6) is 1.13. The van der Waals surface area contributed by atoms with Crippen molar-refractivity contribution in [1.82, 2.24) is 5.06 Å². The zero-order valence-electron chi connectivity index (χ0n) is 15.2. The summed E-state index contributed by atoms with van der Waals surface area (Å²) in [6.45, 7) is 2.89. The topological polar surface area (TPSA) is 91.3 Å². The number of hydrogen-bond acceptors (Lipinski definition) is 6. The summed E-state index contributed by atoms with van der Waals surface area (Å²) in [4.78, 5) is 17.3. The van der Waals surface area contributed by atoms with Gasteiger partial charge in [-0.25, -0.2) is 0 Å². The molecular weight excluding hydrogens is 348 g/mol. The highest BCUT2D eigenvalue weighted by Crippen LogP contribution is 2.38. The number of benzene rings is 2. The Morgan fingerprint density at radius 1 is 1.19 bits per heavy atom. The van der Waals surface area contributed by atoms with Gasteiger partial charge in [-0.2, -0.15) is 0 Å². The molecule has 0 aromatic heterocycles. The molecule has 1 atom stereocenters. The van der Waals surface area contributed by atoms with E-state index in [2.05, 4.69) is 5.32 Å². The third kappa shape index (κ3) is 4.90. The van der Waals surface area contributed by atoms with Crippen LogP contribution in [0.5, 0.6) is 17.2 Å². The minimum absolute atomic E-state index is 0.0133. The standard InChI is InChI=1S/C20H24N2O5/c1-2-22(27-15-6-4-3-5-7-15)12-14(23)13-26-18-10-9-17(24)20-16(18)8-11-19(25)21-20/h3-7,9-10,14,23-24H,2,8,11-13H2,1H3,(H,21,25). The lowest BCUT2D eigenvalue weighted by Gasteiger charge is -2.25. The number of carbonyl (C=O) groups excluding carboxylic acids is 1. The monoisotopic (exact) mass is 372 g/mol. The highest BCUT2D eigenvalue weighted by molar-refractivity contribution is 5.96. The number of aromatic hydroxyl groups is 1. The van der Waals surface area contributed by atoms with Crippen LogP contribution in [-0.2, 0) is 11.2 Å². The van der Waals surface area contributed by atoms with Gasteiger partial charge in [-0.1, -0.05) is 18.2 Å². The second-order valence-corrected chi connectivity index (χ2v) is 6.33. The fraction of sp³-hybridized carbons (Fsp3) is 0.350. The van der Waals surface area contributed by atoms with Crippen LogP contribution in [0, 0.1) is 0 Å². The number of phenols is 1. The van der Waals surface area contributed by atoms with Crippen LogP contribution in [0.15, 0.2) is 42.5 Å². The zero-order valence-corrected chi connectivity index (χ0v) is 15.2. The average Bonchev–Trinajstić information content (AvgIpc) is 2.68. The second kappa shape index (κ2) is 8.75. The first kappa shape index (κ1) is 19.0. The molecule has 0 radical (unpaired) electrons. The number of amides is 1. The van der Waals surface area contributed by atoms with E-state index >= 15 is 0 Å². The van der Waals surface area contributed by atoms with E-state index in [1.54, 1.807) is 11.1 Å². The largest absolute Gasteiger partial charge is 0.506 e. The predicted octanol–water partition coefficient (Wildman–Crippen LogP) is 2.33. The molecular formula is C20H24N2O5. The normalized spacial score (nSPS) is 14.4. The molecule has 2 aromatic rings. The number of fused-ring (bicyclic) bond motifs is 1. The van der Waals surface area contributed by atoms with Gasteiger partial charge in [0.1, 0.15) is 30.0 Å². The highest BCUT2D eigenvalue weighted by atomic mass is 16.7. The van der Waals surface area contributed by atoms with Crippen molar-refractivity contribution < 1.29 is 24.6 Å². The van der Waals surface area contributed by atoms with Crippen LogP contribution in [0.2, 0.25) is 0 Å². The number of nitrogens with zero attached hydrogens (tertiary/aromatic N) is 1. The van der Waals surface area contributed by atoms with Gasteiger partial charge in [-0.15, -0.1) is 5.06 Å². The summed E-state index contributed by atoms with van der Waals surface area (Å²) in [6, 6.07) is 12.5. The number of aliphatic hydroxyl groups is 1. The van der Waals surface area contributed by atoms with Crippen molar-refractivity contribution in [2.75, 3.05) is 25.0 Å². The van der Waals surface area contributed by atoms with Crippen molar-refractivity contribution in [3.05, 3.63) is 48.0 Å². The summed E-state index contributed by atoms with van der Waals surface area (Å²) in [6.07, 6.45) is 0.0552. The molecule has 0 fully saturated rings. The minimum atomic E-state index is -0.767. The third-order valence-corrected chi connectivity index (χ3v) is 4.29. The van der Waals surface area contributed by atoms with Gasteiger partial charge in [0.15, 0.2) is 0 Å². The third-order valence-electron chi connectivity index (χ3n) is 4.29. The molecule has 7 nitrogen and oxygen atoms in total. The van der Waals surface area contributed by atoms with Gasteiger partial charge in [-0.05, 0) is 37.6 Å². The van der Waals surface area contributed by atoms with E-state index in [-0.39, 0.29) is 24.8 Å². The van der Waals surface area contributed by atoms with Gasteiger partial charge >= 0.3 is 0 Å². The number of rotatable bonds is 8. The maximum Gasteiger partial charge on any atom is 0.224 e. The molecule has 144 valence electrons. The number of hydrogen-bond donors (Lipinski definition) is 3. The molecule has 0 aliphatic carbocycles. The van der Waals surface area contributed by atoms with Crippen molar-refractivity contribution in [2.24, 2.45) is 0 Å². The number of ether oxygens (including phenoxy) is 1. The zero-order chi connectivity index (χ0) is 19.2. The van der Waals surface area contributed by atoms with Crippen molar-refractivity contribution in [3.63, 3.8) is 0 Å². The van der Waals surface area contributed by atoms with Crippen LogP contribution in [0.3, 0.4) is 0 Å². The van der Waals surface area contributed by atoms with Gasteiger partial charge < -0.3 is 25.1 Å². The first-order valence-corrected chi connectivity index (χ1v) is 9.00. The molecule has 27 heavy (non-hydrogen) atoms. The Balaban J connectivity index is 1.58. The van der Waals surface area contributed by atoms with E-state index in [1.807, 2.05) is 37.3 Å². The fourth-order valence-corrected chi connectivity index (χ4v) is 2.91. The van der Waals surface area contributed by atoms with Crippen LogP contribution >= 0.6 is 0 Å². The van der Waals surface area contributed by atoms with Crippen molar-refractivity contribution in [3.8, 4) is 17.2 Å². The van der Waals surface area contributed by atoms with E-state index in [4.69, 9.17) is 9.57 Å². The summed E-state index contributed by atoms with van der Waals surface area (Å²) >= 11 is 0. The molecule has 0 bridgehead atoms. The Kier molecular flexibility index (Phi) is 6.16. The number of aliphatic hydroxyl groups excluding tert-OH is 1. The number of para-hydroxylation sites is 1. The van der Waals surface area contributed by atoms with E-state index in [1.165, 1.54) is 6.07 Å². The molecule has 0 saturated heterocycles. The number of anilines is 1. The van der Waals surface area contributed by atoms with Gasteiger partial charge in [0.2, 0.25) is 5.91 Å². The highest BCUT2D eigenvalue weighted by Gasteiger charge is 2.22. The minimum Gasteiger partial charge on any atom is -0.506 e. The van der Waals surface area contributed by atoms with E-state index < -0.39 is 6.10 Å². The molecule has 1 aliphatic heterocycles. The molecule has 1 aliphatic rings. The second-order valence-electron chi connectivity index (χ2n) is 6.33. The van der Waals surface area contributed by atoms with Gasteiger partial charge in [-0.3, -0.25) is 4.79 Å². The Labute approximate surface area is 158 Å². The fourth-order valence-electron chi connectivity index (χ4n) is 2.91. The van der Waals surface area contributed by atoms with Gasteiger partial charge in [0.25, 0.3) is 0 Å². The molecule has 2 aromatic carbocycles. The van der Waals surface area contributed by atoms with Crippen LogP contribution in [0.1, 0.15) is 18.9 Å². The molecule has 0 spiro atoms. The summed E-state index contributed by atoms with van der Waals surface area (Å²) in [5, 5.41) is 24.6. The molecule has 1 heterocycles. The molecule has 7 heteroatoms. The number of hydroxylamine groups is 2. The number of likely N-dealkylation sites (N-methyl/N-ethyl adjacent to an activating group) is 1. The summed E-state index contributed by atoms with van der Waals surface area (Å²) in [7, 11) is 0. The number of phenolic OH excluding ortho intramolecular Hbond substituents is 1. The molecule has 3 rings (SSSR count). The molecule has 3 N–H and O–H groups in total. The molecule has 0 saturated carbocycles. The van der Waals surface area contributed by atoms with Crippen LogP contribution < -0.4 is 14.9 Å². The van der Waals surface area contributed by atoms with Crippen molar-refractivity contribution in [2.45, 2.75) is 25.9 Å². The van der Waals surface area contributed by atoms with Crippen LogP contribution in [0.4, 0.5) is 5.69 Å². The lowest BCUT2D eigenvalue weighted by atomic mass is 10.0. The first-order chi connectivity index (χ1) is 13.1. The van der Waals surface area contributed by atoms with Crippen LogP contribution in [-0.4, -0.2) is 47.0 Å². The maximum absolute atomic E-state index is 11.5. The van der Waals surface area contributed by atoms with E-state index in [9.17, 15) is 15.0 Å². The van der Waals surface area contributed by atoms with Gasteiger partial charge in [0, 0.05) is 18.5 Å². The van der Waals surface area contributed by atoms with Gasteiger partial charge in [0.05, 0.1) is 12.2 Å². The Morgan fingerprint density at radius 2 is 1.96 bits per heavy atom. The molecule has 1 unspecified atom stereocenters. The Bertz CT molecular complexity index is 781. The van der Waals surface area contributed by atoms with E-state index in [0.717, 1.165) is 5.56 Å². The van der Waals surface area contributed by atoms with Crippen LogP contribution in [0.25, 0.3) is 0 Å². The lowest BCUT2D eigenvalue weighted by molar-refractivity contribution is -0.116. The molecule has 1 amide bonds. The summed E-state index contributed by atoms with van der Waals surface area (Å²) in [5.41, 5.74) is 1.13. The first-order valence-electron chi connectivity index (χ1n) is 9.00. The Hall–Kier alpha value is -2.77. The quantitative estimate of drug-likeness (QED) is 0.487. The van der Waals surface area contributed by atoms with Crippen molar-refractivity contribution in [1.29, 1.82) is 0 Å². The number of nitrogens with one attached hydrogen (secondary N) is 1. The van der Waals surface area contributed by atoms with Crippen molar-refractivity contribution >= 4 is 11.6 Å². The smallest absolute Gasteiger partial charge is 0.224 e. The lowest BCUT2D eigenvalue weighted by Crippen LogP contribution is -2.37. The average molecular weight is 372 g/mol.